The summed E-state index contributed by atoms with van der Waals surface area (Å²) < 4.78 is 5.66. The van der Waals surface area contributed by atoms with Gasteiger partial charge in [0.2, 0.25) is 11.9 Å². The zero-order chi connectivity index (χ0) is 17.4. The van der Waals surface area contributed by atoms with Gasteiger partial charge in [-0.25, -0.2) is 4.98 Å². The van der Waals surface area contributed by atoms with E-state index in [0.717, 1.165) is 11.3 Å². The van der Waals surface area contributed by atoms with Crippen molar-refractivity contribution in [3.05, 3.63) is 53.8 Å². The van der Waals surface area contributed by atoms with Crippen LogP contribution in [0.15, 0.2) is 46.9 Å². The second-order valence-electron chi connectivity index (χ2n) is 5.93. The van der Waals surface area contributed by atoms with E-state index >= 15 is 0 Å². The fraction of sp³-hybridized carbons (Fsp3) is 0.167. The lowest BCUT2D eigenvalue weighted by atomic mass is 10.1. The number of aromatic nitrogens is 2. The molecule has 0 fully saturated rings. The van der Waals surface area contributed by atoms with Gasteiger partial charge in [0.05, 0.1) is 6.54 Å². The van der Waals surface area contributed by atoms with Crippen LogP contribution < -0.4 is 16.0 Å². The Hall–Kier alpha value is -3.35. The molecule has 3 aromatic rings. The quantitative estimate of drug-likeness (QED) is 0.763. The van der Waals surface area contributed by atoms with Crippen LogP contribution in [-0.4, -0.2) is 22.4 Å². The number of fused-ring (bicyclic) bond motifs is 1. The highest BCUT2D eigenvalue weighted by Crippen LogP contribution is 2.37. The number of nitrogens with two attached hydrogens (primary N) is 1. The summed E-state index contributed by atoms with van der Waals surface area (Å²) in [5, 5.41) is 2.86. The molecule has 0 unspecified atom stereocenters. The molecule has 1 aromatic carbocycles. The highest BCUT2D eigenvalue weighted by Gasteiger charge is 2.28. The zero-order valence-electron chi connectivity index (χ0n) is 13.7. The van der Waals surface area contributed by atoms with Crippen LogP contribution in [0.1, 0.15) is 11.3 Å². The van der Waals surface area contributed by atoms with Crippen LogP contribution in [-0.2, 0) is 11.3 Å². The van der Waals surface area contributed by atoms with Crippen molar-refractivity contribution in [3.63, 3.8) is 0 Å². The first kappa shape index (κ1) is 15.2. The summed E-state index contributed by atoms with van der Waals surface area (Å²) in [5.41, 5.74) is 8.00. The lowest BCUT2D eigenvalue weighted by Crippen LogP contribution is -2.39. The second-order valence-corrected chi connectivity index (χ2v) is 5.93. The van der Waals surface area contributed by atoms with Crippen molar-refractivity contribution in [1.82, 2.24) is 9.97 Å². The van der Waals surface area contributed by atoms with Crippen LogP contribution in [0.2, 0.25) is 0 Å². The number of amides is 1. The van der Waals surface area contributed by atoms with Gasteiger partial charge >= 0.3 is 0 Å². The maximum Gasteiger partial charge on any atom is 0.244 e. The van der Waals surface area contributed by atoms with E-state index in [1.54, 1.807) is 6.07 Å². The molecule has 0 bridgehead atoms. The maximum atomic E-state index is 12.2. The molecule has 0 aliphatic carbocycles. The van der Waals surface area contributed by atoms with Crippen molar-refractivity contribution in [2.45, 2.75) is 13.5 Å². The van der Waals surface area contributed by atoms with E-state index in [2.05, 4.69) is 15.3 Å². The van der Waals surface area contributed by atoms with E-state index < -0.39 is 0 Å². The summed E-state index contributed by atoms with van der Waals surface area (Å²) in [4.78, 5) is 22.8. The van der Waals surface area contributed by atoms with E-state index in [4.69, 9.17) is 10.2 Å². The number of hydrogen-bond donors (Lipinski definition) is 2. The Morgan fingerprint density at radius 3 is 2.72 bits per heavy atom. The first-order chi connectivity index (χ1) is 12.1. The third-order valence-corrected chi connectivity index (χ3v) is 4.00. The van der Waals surface area contributed by atoms with Gasteiger partial charge in [-0.15, -0.1) is 0 Å². The number of anilines is 3. The van der Waals surface area contributed by atoms with Gasteiger partial charge < -0.3 is 20.4 Å². The van der Waals surface area contributed by atoms with Crippen LogP contribution in [0, 0.1) is 6.92 Å². The van der Waals surface area contributed by atoms with Gasteiger partial charge in [-0.05, 0) is 24.6 Å². The number of benzene rings is 1. The number of carbonyl (C=O) groups is 1. The molecule has 7 heteroatoms. The summed E-state index contributed by atoms with van der Waals surface area (Å²) in [7, 11) is 0. The molecular weight excluding hydrogens is 318 g/mol. The van der Waals surface area contributed by atoms with Crippen molar-refractivity contribution in [2.75, 3.05) is 22.5 Å². The lowest BCUT2D eigenvalue weighted by molar-refractivity contribution is -0.115. The minimum Gasteiger partial charge on any atom is -0.460 e. The molecule has 1 aliphatic rings. The first-order valence-corrected chi connectivity index (χ1v) is 7.93. The fourth-order valence-electron chi connectivity index (χ4n) is 2.91. The highest BCUT2D eigenvalue weighted by atomic mass is 16.3. The van der Waals surface area contributed by atoms with Crippen molar-refractivity contribution in [2.24, 2.45) is 0 Å². The highest BCUT2D eigenvalue weighted by molar-refractivity contribution is 6.04. The van der Waals surface area contributed by atoms with Crippen molar-refractivity contribution in [1.29, 1.82) is 0 Å². The zero-order valence-corrected chi connectivity index (χ0v) is 13.7. The average Bonchev–Trinajstić information content (AvgIpc) is 3.02. The molecule has 0 spiro atoms. The number of carbonyl (C=O) groups excluding carboxylic acids is 1. The summed E-state index contributed by atoms with van der Waals surface area (Å²) in [6.45, 7) is 2.60. The van der Waals surface area contributed by atoms with Crippen LogP contribution in [0.5, 0.6) is 0 Å². The average molecular weight is 335 g/mol. The minimum atomic E-state index is -0.124. The molecule has 0 saturated carbocycles. The number of aryl methyl sites for hydroxylation is 1. The predicted molar refractivity (Wildman–Crippen MR) is 95.0 cm³/mol. The van der Waals surface area contributed by atoms with Gasteiger partial charge in [-0.3, -0.25) is 4.79 Å². The summed E-state index contributed by atoms with van der Waals surface area (Å²) in [6, 6.07) is 13.5. The smallest absolute Gasteiger partial charge is 0.244 e. The summed E-state index contributed by atoms with van der Waals surface area (Å²) in [5.74, 6) is 1.91. The molecule has 0 saturated heterocycles. The van der Waals surface area contributed by atoms with Gasteiger partial charge in [0.25, 0.3) is 0 Å². The maximum absolute atomic E-state index is 12.2. The van der Waals surface area contributed by atoms with Crippen LogP contribution in [0.3, 0.4) is 0 Å². The van der Waals surface area contributed by atoms with E-state index in [1.165, 1.54) is 0 Å². The van der Waals surface area contributed by atoms with Crippen molar-refractivity contribution < 1.29 is 9.21 Å². The first-order valence-electron chi connectivity index (χ1n) is 7.93. The van der Waals surface area contributed by atoms with Crippen molar-refractivity contribution in [3.8, 4) is 11.5 Å². The molecule has 2 aromatic heterocycles. The van der Waals surface area contributed by atoms with Gasteiger partial charge in [0.1, 0.15) is 17.1 Å². The molecule has 25 heavy (non-hydrogen) atoms. The van der Waals surface area contributed by atoms with E-state index in [9.17, 15) is 4.79 Å². The van der Waals surface area contributed by atoms with Gasteiger partial charge in [0.15, 0.2) is 11.6 Å². The van der Waals surface area contributed by atoms with Crippen molar-refractivity contribution >= 4 is 23.4 Å². The third-order valence-electron chi connectivity index (χ3n) is 4.00. The Bertz CT molecular complexity index is 936. The Morgan fingerprint density at radius 2 is 2.00 bits per heavy atom. The third kappa shape index (κ3) is 2.91. The molecule has 126 valence electrons. The number of furan rings is 1. The van der Waals surface area contributed by atoms with Crippen LogP contribution >= 0.6 is 0 Å². The number of nitrogens with zero attached hydrogens (tertiary/aromatic N) is 3. The normalized spacial score (nSPS) is 13.5. The molecule has 7 nitrogen and oxygen atoms in total. The molecule has 4 rings (SSSR count). The van der Waals surface area contributed by atoms with Gasteiger partial charge in [0, 0.05) is 6.54 Å². The van der Waals surface area contributed by atoms with E-state index in [1.807, 2.05) is 48.2 Å². The predicted octanol–water partition coefficient (Wildman–Crippen LogP) is 2.59. The number of nitrogen functional groups attached to an aromatic ring is 1. The Morgan fingerprint density at radius 1 is 1.20 bits per heavy atom. The van der Waals surface area contributed by atoms with Crippen LogP contribution in [0.4, 0.5) is 17.5 Å². The van der Waals surface area contributed by atoms with Gasteiger partial charge in [-0.2, -0.15) is 4.98 Å². The van der Waals surface area contributed by atoms with Gasteiger partial charge in [-0.1, -0.05) is 30.3 Å². The van der Waals surface area contributed by atoms with E-state index in [-0.39, 0.29) is 18.4 Å². The minimum absolute atomic E-state index is 0.124. The Balaban J connectivity index is 1.80. The standard InChI is InChI=1S/C18H17N5O2/c1-11-7-8-13(25-11)15-16-17(22-18(19)21-15)23(10-14(24)20-16)9-12-5-3-2-4-6-12/h2-8H,9-10H2,1H3,(H,20,24)(H2,19,21,22). The molecule has 1 aliphatic heterocycles. The molecular formula is C18H17N5O2. The molecule has 3 N–H and O–H groups in total. The summed E-state index contributed by atoms with van der Waals surface area (Å²) in [6.07, 6.45) is 0. The fourth-order valence-corrected chi connectivity index (χ4v) is 2.91. The van der Waals surface area contributed by atoms with Crippen LogP contribution in [0.25, 0.3) is 11.5 Å². The molecule has 0 atom stereocenters. The summed E-state index contributed by atoms with van der Waals surface area (Å²) >= 11 is 0. The Kier molecular flexibility index (Phi) is 3.61. The molecule has 3 heterocycles. The lowest BCUT2D eigenvalue weighted by Gasteiger charge is -2.30. The second kappa shape index (κ2) is 5.94. The SMILES string of the molecule is Cc1ccc(-c2nc(N)nc3c2NC(=O)CN3Cc2ccccc2)o1. The number of hydrogen-bond acceptors (Lipinski definition) is 6. The molecule has 1 amide bonds. The Labute approximate surface area is 144 Å². The largest absolute Gasteiger partial charge is 0.460 e. The monoisotopic (exact) mass is 335 g/mol. The van der Waals surface area contributed by atoms with E-state index in [0.29, 0.717) is 29.5 Å². The topological polar surface area (TPSA) is 97.3 Å². The molecule has 0 radical (unpaired) electrons. The number of rotatable bonds is 3. The number of nitrogens with one attached hydrogen (secondary N) is 1.